The summed E-state index contributed by atoms with van der Waals surface area (Å²) in [4.78, 5) is 3.31. The van der Waals surface area contributed by atoms with Crippen molar-refractivity contribution >= 4 is 21.4 Å². The predicted octanol–water partition coefficient (Wildman–Crippen LogP) is 1.84. The Labute approximate surface area is 119 Å². The molecule has 0 radical (unpaired) electrons. The lowest BCUT2D eigenvalue weighted by molar-refractivity contribution is -0.141. The van der Waals surface area contributed by atoms with E-state index in [1.54, 1.807) is 0 Å². The van der Waals surface area contributed by atoms with Crippen LogP contribution in [0.5, 0.6) is 0 Å². The molecule has 0 fully saturated rings. The maximum atomic E-state index is 12.9. The summed E-state index contributed by atoms with van der Waals surface area (Å²) in [6.07, 6.45) is -4.62. The fraction of sp³-hybridized carbons (Fsp3) is 0.700. The summed E-state index contributed by atoms with van der Waals surface area (Å²) in [6, 6.07) is 0. The molecule has 5 nitrogen and oxygen atoms in total. The first kappa shape index (κ1) is 17.3. The first-order valence-corrected chi connectivity index (χ1v) is 8.12. The monoisotopic (exact) mass is 331 g/mol. The molecule has 0 saturated carbocycles. The molecule has 0 aliphatic heterocycles. The van der Waals surface area contributed by atoms with Crippen LogP contribution in [0, 0.1) is 0 Å². The van der Waals surface area contributed by atoms with Crippen LogP contribution < -0.4 is 10.5 Å². The van der Waals surface area contributed by atoms with E-state index in [1.165, 1.54) is 0 Å². The van der Waals surface area contributed by atoms with Gasteiger partial charge in [0.25, 0.3) is 0 Å². The quantitative estimate of drug-likeness (QED) is 0.881. The van der Waals surface area contributed by atoms with Crippen LogP contribution in [0.15, 0.2) is 0 Å². The van der Waals surface area contributed by atoms with E-state index in [4.69, 9.17) is 5.14 Å². The third-order valence-corrected chi connectivity index (χ3v) is 4.03. The Morgan fingerprint density at radius 3 is 2.25 bits per heavy atom. The van der Waals surface area contributed by atoms with Gasteiger partial charge in [-0.15, -0.1) is 11.3 Å². The summed E-state index contributed by atoms with van der Waals surface area (Å²) in [5.41, 5.74) is -1.43. The summed E-state index contributed by atoms with van der Waals surface area (Å²) in [6.45, 7) is 5.40. The van der Waals surface area contributed by atoms with Crippen LogP contribution in [0.4, 0.5) is 13.2 Å². The Morgan fingerprint density at radius 2 is 1.85 bits per heavy atom. The number of nitrogens with one attached hydrogen (secondary N) is 1. The molecule has 0 bridgehead atoms. The normalized spacial score (nSPS) is 13.8. The average molecular weight is 331 g/mol. The number of nitrogens with two attached hydrogens (primary N) is 1. The minimum Gasteiger partial charge on any atom is -0.307 e. The van der Waals surface area contributed by atoms with Crippen LogP contribution in [-0.4, -0.2) is 18.9 Å². The fourth-order valence-electron chi connectivity index (χ4n) is 1.32. The van der Waals surface area contributed by atoms with Crippen LogP contribution in [0.25, 0.3) is 0 Å². The molecule has 0 saturated heterocycles. The number of alkyl halides is 3. The van der Waals surface area contributed by atoms with E-state index >= 15 is 0 Å². The van der Waals surface area contributed by atoms with Gasteiger partial charge < -0.3 is 5.32 Å². The molecule has 10 heteroatoms. The topological polar surface area (TPSA) is 85.1 Å². The molecular weight excluding hydrogens is 315 g/mol. The molecule has 116 valence electrons. The number of primary sulfonamides is 1. The van der Waals surface area contributed by atoms with Gasteiger partial charge >= 0.3 is 6.18 Å². The van der Waals surface area contributed by atoms with Crippen molar-refractivity contribution in [1.82, 2.24) is 10.3 Å². The second-order valence-electron chi connectivity index (χ2n) is 5.29. The third kappa shape index (κ3) is 5.73. The number of hydrogen-bond donors (Lipinski definition) is 2. The molecule has 1 heterocycles. The lowest BCUT2D eigenvalue weighted by Gasteiger charge is -2.20. The second-order valence-corrected chi connectivity index (χ2v) is 8.07. The van der Waals surface area contributed by atoms with Gasteiger partial charge in [0, 0.05) is 12.1 Å². The van der Waals surface area contributed by atoms with E-state index in [2.05, 4.69) is 10.3 Å². The van der Waals surface area contributed by atoms with Crippen molar-refractivity contribution < 1.29 is 21.6 Å². The zero-order valence-corrected chi connectivity index (χ0v) is 12.8. The zero-order valence-electron chi connectivity index (χ0n) is 11.2. The van der Waals surface area contributed by atoms with Gasteiger partial charge in [-0.3, -0.25) is 0 Å². The van der Waals surface area contributed by atoms with Crippen molar-refractivity contribution in [3.05, 3.63) is 15.6 Å². The zero-order chi connectivity index (χ0) is 15.8. The number of halogens is 3. The molecule has 1 aromatic heterocycles. The van der Waals surface area contributed by atoms with Crippen LogP contribution >= 0.6 is 11.3 Å². The number of hydrogen-bond acceptors (Lipinski definition) is 5. The Kier molecular flexibility index (Phi) is 4.84. The van der Waals surface area contributed by atoms with Gasteiger partial charge in [-0.1, -0.05) is 0 Å². The van der Waals surface area contributed by atoms with Crippen molar-refractivity contribution in [3.63, 3.8) is 0 Å². The van der Waals surface area contributed by atoms with E-state index in [1.807, 2.05) is 20.8 Å². The van der Waals surface area contributed by atoms with E-state index in [0.29, 0.717) is 11.3 Å². The van der Waals surface area contributed by atoms with Gasteiger partial charge in [0.1, 0.15) is 10.8 Å². The molecule has 0 aliphatic rings. The minimum absolute atomic E-state index is 0.0410. The van der Waals surface area contributed by atoms with Crippen LogP contribution in [0.1, 0.15) is 36.3 Å². The molecule has 3 N–H and O–H groups in total. The SMILES string of the molecule is CC(C)(C)NCc1sc(CS(N)(=O)=O)nc1C(F)(F)F. The highest BCUT2D eigenvalue weighted by Gasteiger charge is 2.37. The summed E-state index contributed by atoms with van der Waals surface area (Å²) in [5.74, 6) is -0.698. The van der Waals surface area contributed by atoms with Crippen LogP contribution in [-0.2, 0) is 28.5 Å². The lowest BCUT2D eigenvalue weighted by Crippen LogP contribution is -2.35. The number of sulfonamides is 1. The van der Waals surface area contributed by atoms with E-state index in [-0.39, 0.29) is 22.0 Å². The van der Waals surface area contributed by atoms with Gasteiger partial charge in [0.05, 0.1) is 4.88 Å². The number of rotatable bonds is 4. The van der Waals surface area contributed by atoms with Crippen molar-refractivity contribution in [2.45, 2.75) is 44.8 Å². The van der Waals surface area contributed by atoms with Gasteiger partial charge in [-0.25, -0.2) is 18.5 Å². The molecule has 1 aromatic rings. The van der Waals surface area contributed by atoms with Crippen molar-refractivity contribution in [3.8, 4) is 0 Å². The standard InChI is InChI=1S/C10H16F3N3O2S2/c1-9(2,3)15-4-6-8(10(11,12)13)16-7(19-6)5-20(14,17)18/h15H,4-5H2,1-3H3,(H2,14,17,18). The molecule has 0 amide bonds. The van der Waals surface area contributed by atoms with Crippen LogP contribution in [0.2, 0.25) is 0 Å². The largest absolute Gasteiger partial charge is 0.434 e. The molecule has 0 spiro atoms. The average Bonchev–Trinajstić information content (AvgIpc) is 2.53. The van der Waals surface area contributed by atoms with Crippen molar-refractivity contribution in [1.29, 1.82) is 0 Å². The number of thiazole rings is 1. The first-order chi connectivity index (χ1) is 8.78. The molecule has 0 unspecified atom stereocenters. The number of aromatic nitrogens is 1. The van der Waals surface area contributed by atoms with Gasteiger partial charge in [-0.05, 0) is 20.8 Å². The Balaban J connectivity index is 3.08. The minimum atomic E-state index is -4.62. The van der Waals surface area contributed by atoms with Crippen LogP contribution in [0.3, 0.4) is 0 Å². The Hall–Kier alpha value is -0.710. The Morgan fingerprint density at radius 1 is 1.30 bits per heavy atom. The van der Waals surface area contributed by atoms with Gasteiger partial charge in [0.2, 0.25) is 10.0 Å². The number of nitrogens with zero attached hydrogens (tertiary/aromatic N) is 1. The maximum absolute atomic E-state index is 12.9. The predicted molar refractivity (Wildman–Crippen MR) is 70.5 cm³/mol. The molecule has 0 atom stereocenters. The third-order valence-electron chi connectivity index (χ3n) is 2.11. The smallest absolute Gasteiger partial charge is 0.307 e. The summed E-state index contributed by atoms with van der Waals surface area (Å²) < 4.78 is 60.4. The molecule has 0 aliphatic carbocycles. The second kappa shape index (κ2) is 5.58. The molecule has 0 aromatic carbocycles. The Bertz CT molecular complexity index is 574. The van der Waals surface area contributed by atoms with Crippen molar-refractivity contribution in [2.24, 2.45) is 5.14 Å². The van der Waals surface area contributed by atoms with E-state index in [9.17, 15) is 21.6 Å². The summed E-state index contributed by atoms with van der Waals surface area (Å²) in [7, 11) is -3.91. The first-order valence-electron chi connectivity index (χ1n) is 5.59. The van der Waals surface area contributed by atoms with E-state index < -0.39 is 27.6 Å². The molecule has 20 heavy (non-hydrogen) atoms. The maximum Gasteiger partial charge on any atom is 0.434 e. The van der Waals surface area contributed by atoms with E-state index in [0.717, 1.165) is 0 Å². The lowest BCUT2D eigenvalue weighted by atomic mass is 10.1. The fourth-order valence-corrected chi connectivity index (χ4v) is 3.28. The highest BCUT2D eigenvalue weighted by Crippen LogP contribution is 2.34. The molecule has 1 rings (SSSR count). The van der Waals surface area contributed by atoms with Gasteiger partial charge in [0.15, 0.2) is 5.69 Å². The highest BCUT2D eigenvalue weighted by atomic mass is 32.2. The van der Waals surface area contributed by atoms with Gasteiger partial charge in [-0.2, -0.15) is 13.2 Å². The highest BCUT2D eigenvalue weighted by molar-refractivity contribution is 7.88. The summed E-state index contributed by atoms with van der Waals surface area (Å²) >= 11 is 0.701. The summed E-state index contributed by atoms with van der Waals surface area (Å²) in [5, 5.41) is 7.58. The molecular formula is C10H16F3N3O2S2. The van der Waals surface area contributed by atoms with Crippen molar-refractivity contribution in [2.75, 3.05) is 0 Å².